The zero-order valence-electron chi connectivity index (χ0n) is 14.1. The monoisotopic (exact) mass is 383 g/mol. The highest BCUT2D eigenvalue weighted by Crippen LogP contribution is 2.33. The third kappa shape index (κ3) is 3.38. The van der Waals surface area contributed by atoms with Crippen LogP contribution in [0.15, 0.2) is 46.9 Å². The van der Waals surface area contributed by atoms with E-state index in [0.717, 1.165) is 38.7 Å². The van der Waals surface area contributed by atoms with Gasteiger partial charge in [0, 0.05) is 10.6 Å². The summed E-state index contributed by atoms with van der Waals surface area (Å²) < 4.78 is 0. The summed E-state index contributed by atoms with van der Waals surface area (Å²) in [6, 6.07) is 11.8. The van der Waals surface area contributed by atoms with E-state index in [0.29, 0.717) is 5.82 Å². The number of H-pyrrole nitrogens is 2. The summed E-state index contributed by atoms with van der Waals surface area (Å²) in [5, 5.41) is 13.0. The molecule has 4 aromatic rings. The maximum atomic E-state index is 12.4. The quantitative estimate of drug-likeness (QED) is 0.433. The molecule has 6 nitrogen and oxygen atoms in total. The van der Waals surface area contributed by atoms with Gasteiger partial charge in [-0.15, -0.1) is 11.3 Å². The van der Waals surface area contributed by atoms with Gasteiger partial charge in [0.05, 0.1) is 22.3 Å². The second-order valence-corrected chi connectivity index (χ2v) is 7.56. The van der Waals surface area contributed by atoms with E-state index in [1.54, 1.807) is 11.3 Å². The van der Waals surface area contributed by atoms with E-state index in [-0.39, 0.29) is 11.7 Å². The molecule has 0 saturated carbocycles. The van der Waals surface area contributed by atoms with Crippen molar-refractivity contribution in [2.45, 2.75) is 18.5 Å². The van der Waals surface area contributed by atoms with Crippen LogP contribution in [0.1, 0.15) is 12.6 Å². The molecule has 0 aliphatic rings. The van der Waals surface area contributed by atoms with E-state index in [1.165, 1.54) is 11.8 Å². The Hall–Kier alpha value is -2.58. The number of hydrogen-bond donors (Lipinski definition) is 3. The number of imidazole rings is 1. The normalized spacial score (nSPS) is 11.1. The second-order valence-electron chi connectivity index (χ2n) is 5.65. The third-order valence-electron chi connectivity index (χ3n) is 3.93. The lowest BCUT2D eigenvalue weighted by molar-refractivity contribution is -0.113. The number of carbonyl (C=O) groups is 1. The number of carbonyl (C=O) groups excluding carboxylic acids is 1. The molecule has 0 radical (unpaired) electrons. The number of para-hydroxylation sites is 2. The van der Waals surface area contributed by atoms with E-state index in [9.17, 15) is 4.79 Å². The molecule has 0 spiro atoms. The van der Waals surface area contributed by atoms with Crippen LogP contribution in [-0.2, 0) is 11.2 Å². The number of nitrogens with one attached hydrogen (secondary N) is 3. The predicted octanol–water partition coefficient (Wildman–Crippen LogP) is 4.31. The molecule has 4 rings (SSSR count). The number of fused-ring (bicyclic) bond motifs is 1. The lowest BCUT2D eigenvalue weighted by Crippen LogP contribution is -2.15. The zero-order valence-corrected chi connectivity index (χ0v) is 15.7. The smallest absolute Gasteiger partial charge is 0.236 e. The maximum Gasteiger partial charge on any atom is 0.236 e. The molecule has 3 N–H and O–H groups in total. The third-order valence-corrected chi connectivity index (χ3v) is 5.69. The molecule has 0 bridgehead atoms. The highest BCUT2D eigenvalue weighted by molar-refractivity contribution is 7.99. The number of thiophene rings is 1. The van der Waals surface area contributed by atoms with E-state index in [1.807, 2.05) is 41.8 Å². The number of aromatic nitrogens is 4. The minimum absolute atomic E-state index is 0.109. The maximum absolute atomic E-state index is 12.4. The summed E-state index contributed by atoms with van der Waals surface area (Å²) in [6.07, 6.45) is 0.823. The fraction of sp³-hybridized carbons (Fsp3) is 0.167. The first-order chi connectivity index (χ1) is 12.7. The second kappa shape index (κ2) is 7.35. The van der Waals surface area contributed by atoms with E-state index in [2.05, 4.69) is 32.4 Å². The lowest BCUT2D eigenvalue weighted by Gasteiger charge is -2.04. The van der Waals surface area contributed by atoms with Gasteiger partial charge in [0.25, 0.3) is 0 Å². The van der Waals surface area contributed by atoms with Gasteiger partial charge in [-0.25, -0.2) is 4.98 Å². The van der Waals surface area contributed by atoms with Crippen LogP contribution in [0.3, 0.4) is 0 Å². The SMILES string of the molecule is CCc1[nH]nc(NC(=O)CSc2nc3ccccc3[nH]2)c1-c1cccs1. The van der Waals surface area contributed by atoms with Crippen molar-refractivity contribution < 1.29 is 4.79 Å². The number of aryl methyl sites for hydroxylation is 1. The number of nitrogens with zero attached hydrogens (tertiary/aromatic N) is 2. The summed E-state index contributed by atoms with van der Waals surface area (Å²) in [5.74, 6) is 0.736. The average molecular weight is 384 g/mol. The highest BCUT2D eigenvalue weighted by Gasteiger charge is 2.17. The number of rotatable bonds is 6. The fourth-order valence-corrected chi connectivity index (χ4v) is 4.19. The van der Waals surface area contributed by atoms with Gasteiger partial charge in [-0.3, -0.25) is 9.89 Å². The fourth-order valence-electron chi connectivity index (χ4n) is 2.71. The summed E-state index contributed by atoms with van der Waals surface area (Å²) >= 11 is 3.01. The Kier molecular flexibility index (Phi) is 4.77. The van der Waals surface area contributed by atoms with Crippen LogP contribution in [0, 0.1) is 0 Å². The number of anilines is 1. The van der Waals surface area contributed by atoms with Crippen LogP contribution < -0.4 is 5.32 Å². The van der Waals surface area contributed by atoms with Crippen molar-refractivity contribution in [3.05, 3.63) is 47.5 Å². The number of amides is 1. The van der Waals surface area contributed by atoms with Crippen molar-refractivity contribution in [2.24, 2.45) is 0 Å². The van der Waals surface area contributed by atoms with Crippen molar-refractivity contribution in [3.63, 3.8) is 0 Å². The van der Waals surface area contributed by atoms with Crippen molar-refractivity contribution in [1.29, 1.82) is 0 Å². The Morgan fingerprint density at radius 1 is 1.27 bits per heavy atom. The first kappa shape index (κ1) is 16.9. The first-order valence-electron chi connectivity index (χ1n) is 8.23. The highest BCUT2D eigenvalue weighted by atomic mass is 32.2. The summed E-state index contributed by atoms with van der Waals surface area (Å²) in [7, 11) is 0. The van der Waals surface area contributed by atoms with Gasteiger partial charge in [0.15, 0.2) is 11.0 Å². The molecule has 0 aliphatic heterocycles. The zero-order chi connectivity index (χ0) is 17.9. The molecule has 3 heterocycles. The minimum Gasteiger partial charge on any atom is -0.333 e. The summed E-state index contributed by atoms with van der Waals surface area (Å²) in [4.78, 5) is 21.2. The number of aromatic amines is 2. The Balaban J connectivity index is 1.46. The van der Waals surface area contributed by atoms with Crippen molar-refractivity contribution in [1.82, 2.24) is 20.2 Å². The summed E-state index contributed by atoms with van der Waals surface area (Å²) in [5.41, 5.74) is 3.86. The summed E-state index contributed by atoms with van der Waals surface area (Å²) in [6.45, 7) is 2.06. The molecule has 0 fully saturated rings. The molecule has 8 heteroatoms. The molecular weight excluding hydrogens is 366 g/mol. The van der Waals surface area contributed by atoms with Gasteiger partial charge in [-0.2, -0.15) is 5.10 Å². The molecule has 0 saturated heterocycles. The number of thioether (sulfide) groups is 1. The van der Waals surface area contributed by atoms with Crippen LogP contribution in [0.4, 0.5) is 5.82 Å². The number of benzene rings is 1. The topological polar surface area (TPSA) is 86.5 Å². The first-order valence-corrected chi connectivity index (χ1v) is 10.1. The molecule has 3 aromatic heterocycles. The van der Waals surface area contributed by atoms with Crippen LogP contribution >= 0.6 is 23.1 Å². The van der Waals surface area contributed by atoms with E-state index >= 15 is 0 Å². The Morgan fingerprint density at radius 3 is 2.92 bits per heavy atom. The van der Waals surface area contributed by atoms with Crippen molar-refractivity contribution in [2.75, 3.05) is 11.1 Å². The van der Waals surface area contributed by atoms with E-state index < -0.39 is 0 Å². The molecule has 1 aromatic carbocycles. The largest absolute Gasteiger partial charge is 0.333 e. The van der Waals surface area contributed by atoms with Gasteiger partial charge < -0.3 is 10.3 Å². The Labute approximate surface area is 158 Å². The van der Waals surface area contributed by atoms with Gasteiger partial charge in [-0.05, 0) is 30.0 Å². The van der Waals surface area contributed by atoms with Gasteiger partial charge in [-0.1, -0.05) is 36.9 Å². The predicted molar refractivity (Wildman–Crippen MR) is 107 cm³/mol. The molecule has 0 aliphatic carbocycles. The van der Waals surface area contributed by atoms with Gasteiger partial charge in [0.2, 0.25) is 5.91 Å². The number of hydrogen-bond acceptors (Lipinski definition) is 5. The molecule has 26 heavy (non-hydrogen) atoms. The standard InChI is InChI=1S/C18H17N5OS2/c1-2-11-16(14-8-5-9-25-14)17(23-22-11)21-15(24)10-26-18-19-12-6-3-4-7-13(12)20-18/h3-9H,2,10H2,1H3,(H,19,20)(H2,21,22,23,24). The lowest BCUT2D eigenvalue weighted by atomic mass is 10.1. The molecule has 0 unspecified atom stereocenters. The van der Waals surface area contributed by atoms with Crippen LogP contribution in [0.25, 0.3) is 21.5 Å². The van der Waals surface area contributed by atoms with Crippen LogP contribution in [0.5, 0.6) is 0 Å². The van der Waals surface area contributed by atoms with E-state index in [4.69, 9.17) is 0 Å². The van der Waals surface area contributed by atoms with Gasteiger partial charge >= 0.3 is 0 Å². The molecule has 132 valence electrons. The van der Waals surface area contributed by atoms with Gasteiger partial charge in [0.1, 0.15) is 0 Å². The van der Waals surface area contributed by atoms with Crippen LogP contribution in [-0.4, -0.2) is 31.8 Å². The van der Waals surface area contributed by atoms with Crippen LogP contribution in [0.2, 0.25) is 0 Å². The molecule has 0 atom stereocenters. The van der Waals surface area contributed by atoms with Crippen molar-refractivity contribution in [3.8, 4) is 10.4 Å². The van der Waals surface area contributed by atoms with Crippen molar-refractivity contribution >= 4 is 45.9 Å². The molecular formula is C18H17N5OS2. The molecule has 1 amide bonds. The minimum atomic E-state index is -0.109. The average Bonchev–Trinajstić information content (AvgIpc) is 3.38. The Bertz CT molecular complexity index is 1000. The Morgan fingerprint density at radius 2 is 2.15 bits per heavy atom.